The van der Waals surface area contributed by atoms with Crippen LogP contribution >= 0.6 is 0 Å². The Morgan fingerprint density at radius 3 is 2.77 bits per heavy atom. The van der Waals surface area contributed by atoms with Gasteiger partial charge in [-0.15, -0.1) is 0 Å². The van der Waals surface area contributed by atoms with Crippen molar-refractivity contribution in [2.24, 2.45) is 5.92 Å². The molecule has 9 heteroatoms. The van der Waals surface area contributed by atoms with Crippen molar-refractivity contribution in [3.8, 4) is 22.5 Å². The number of aromatic nitrogens is 3. The van der Waals surface area contributed by atoms with E-state index in [1.807, 2.05) is 29.2 Å². The summed E-state index contributed by atoms with van der Waals surface area (Å²) in [5.41, 5.74) is 11.3. The Balaban J connectivity index is 1.47. The molecule has 2 amide bonds. The number of H-pyrrole nitrogens is 1. The molecule has 0 bridgehead atoms. The summed E-state index contributed by atoms with van der Waals surface area (Å²) in [5.74, 6) is 1.83. The predicted octanol–water partition coefficient (Wildman–Crippen LogP) is 4.13. The van der Waals surface area contributed by atoms with Gasteiger partial charge in [-0.25, -0.2) is 14.8 Å². The summed E-state index contributed by atoms with van der Waals surface area (Å²) in [6.07, 6.45) is 3.88. The number of urea groups is 1. The van der Waals surface area contributed by atoms with Gasteiger partial charge in [0.25, 0.3) is 0 Å². The SMILES string of the molecule is CC[C@@H]1CCN(C(=O)Nc2ccc(C)c(-c3cc(-c4cnc(N)[nH]4)nc(N4CCOCC4)c3)c2)C1. The van der Waals surface area contributed by atoms with Crippen molar-refractivity contribution in [3.63, 3.8) is 0 Å². The Kier molecular flexibility index (Phi) is 6.59. The second-order valence-corrected chi connectivity index (χ2v) is 9.35. The highest BCUT2D eigenvalue weighted by atomic mass is 16.5. The normalized spacial score (nSPS) is 18.2. The molecule has 0 unspecified atom stereocenters. The molecule has 2 saturated heterocycles. The van der Waals surface area contributed by atoms with Gasteiger partial charge < -0.3 is 30.6 Å². The number of aryl methyl sites for hydroxylation is 1. The van der Waals surface area contributed by atoms with Crippen LogP contribution in [0.1, 0.15) is 25.3 Å². The van der Waals surface area contributed by atoms with Gasteiger partial charge >= 0.3 is 6.03 Å². The fourth-order valence-electron chi connectivity index (χ4n) is 4.79. The number of aromatic amines is 1. The van der Waals surface area contributed by atoms with Crippen molar-refractivity contribution >= 4 is 23.5 Å². The molecule has 2 aliphatic heterocycles. The van der Waals surface area contributed by atoms with Gasteiger partial charge in [-0.3, -0.25) is 0 Å². The van der Waals surface area contributed by atoms with E-state index in [9.17, 15) is 4.79 Å². The predicted molar refractivity (Wildman–Crippen MR) is 138 cm³/mol. The molecule has 2 fully saturated rings. The molecule has 2 aromatic heterocycles. The number of nitrogens with zero attached hydrogens (tertiary/aromatic N) is 4. The quantitative estimate of drug-likeness (QED) is 0.512. The first-order valence-corrected chi connectivity index (χ1v) is 12.3. The molecule has 1 aromatic carbocycles. The lowest BCUT2D eigenvalue weighted by atomic mass is 9.99. The fraction of sp³-hybridized carbons (Fsp3) is 0.423. The van der Waals surface area contributed by atoms with Crippen LogP contribution in [-0.2, 0) is 4.74 Å². The number of benzene rings is 1. The van der Waals surface area contributed by atoms with E-state index in [1.54, 1.807) is 6.20 Å². The molecule has 4 heterocycles. The highest BCUT2D eigenvalue weighted by Gasteiger charge is 2.25. The third kappa shape index (κ3) is 5.09. The number of nitrogen functional groups attached to an aromatic ring is 1. The molecule has 9 nitrogen and oxygen atoms in total. The van der Waals surface area contributed by atoms with E-state index in [2.05, 4.69) is 40.1 Å². The van der Waals surface area contributed by atoms with Gasteiger partial charge in [0.2, 0.25) is 0 Å². The van der Waals surface area contributed by atoms with Crippen LogP contribution in [0.5, 0.6) is 0 Å². The second kappa shape index (κ2) is 9.95. The maximum Gasteiger partial charge on any atom is 0.321 e. The van der Waals surface area contributed by atoms with Crippen LogP contribution in [0.25, 0.3) is 22.5 Å². The number of nitrogens with one attached hydrogen (secondary N) is 2. The first-order chi connectivity index (χ1) is 17.0. The number of rotatable bonds is 5. The lowest BCUT2D eigenvalue weighted by Crippen LogP contribution is -2.36. The molecule has 4 N–H and O–H groups in total. The molecule has 1 atom stereocenters. The van der Waals surface area contributed by atoms with E-state index in [0.717, 1.165) is 78.6 Å². The summed E-state index contributed by atoms with van der Waals surface area (Å²) in [6.45, 7) is 8.82. The maximum absolute atomic E-state index is 12.9. The number of carbonyl (C=O) groups excluding carboxylic acids is 1. The molecular weight excluding hydrogens is 442 g/mol. The van der Waals surface area contributed by atoms with Crippen LogP contribution in [0.4, 0.5) is 22.2 Å². The smallest absolute Gasteiger partial charge is 0.321 e. The third-order valence-electron chi connectivity index (χ3n) is 6.97. The first-order valence-electron chi connectivity index (χ1n) is 12.3. The Bertz CT molecular complexity index is 1200. The van der Waals surface area contributed by atoms with E-state index in [0.29, 0.717) is 25.1 Å². The molecule has 0 saturated carbocycles. The number of hydrogen-bond donors (Lipinski definition) is 3. The topological polar surface area (TPSA) is 112 Å². The van der Waals surface area contributed by atoms with Gasteiger partial charge in [0, 0.05) is 31.9 Å². The Morgan fingerprint density at radius 1 is 1.23 bits per heavy atom. The summed E-state index contributed by atoms with van der Waals surface area (Å²) in [5, 5.41) is 3.11. The van der Waals surface area contributed by atoms with Crippen LogP contribution in [0, 0.1) is 12.8 Å². The number of nitrogens with two attached hydrogens (primary N) is 1. The third-order valence-corrected chi connectivity index (χ3v) is 6.97. The number of likely N-dealkylation sites (tertiary alicyclic amines) is 1. The number of pyridine rings is 1. The minimum atomic E-state index is -0.0342. The zero-order valence-corrected chi connectivity index (χ0v) is 20.4. The van der Waals surface area contributed by atoms with Crippen molar-refractivity contribution in [3.05, 3.63) is 42.1 Å². The van der Waals surface area contributed by atoms with Crippen molar-refractivity contribution in [1.82, 2.24) is 19.9 Å². The van der Waals surface area contributed by atoms with Gasteiger partial charge in [-0.05, 0) is 60.2 Å². The summed E-state index contributed by atoms with van der Waals surface area (Å²) in [6, 6.07) is 10.2. The average Bonchev–Trinajstić information content (AvgIpc) is 3.55. The summed E-state index contributed by atoms with van der Waals surface area (Å²) >= 11 is 0. The largest absolute Gasteiger partial charge is 0.378 e. The molecule has 5 rings (SSSR count). The van der Waals surface area contributed by atoms with Crippen LogP contribution in [-0.4, -0.2) is 65.3 Å². The van der Waals surface area contributed by atoms with Gasteiger partial charge in [0.05, 0.1) is 30.8 Å². The van der Waals surface area contributed by atoms with Crippen molar-refractivity contribution in [1.29, 1.82) is 0 Å². The zero-order valence-electron chi connectivity index (χ0n) is 20.4. The van der Waals surface area contributed by atoms with Gasteiger partial charge in [-0.1, -0.05) is 19.4 Å². The number of carbonyl (C=O) groups is 1. The lowest BCUT2D eigenvalue weighted by molar-refractivity contribution is 0.122. The van der Waals surface area contributed by atoms with Gasteiger partial charge in [0.1, 0.15) is 5.82 Å². The molecule has 2 aliphatic rings. The van der Waals surface area contributed by atoms with E-state index in [1.165, 1.54) is 0 Å². The highest BCUT2D eigenvalue weighted by molar-refractivity contribution is 5.91. The zero-order chi connectivity index (χ0) is 24.4. The van der Waals surface area contributed by atoms with Crippen LogP contribution in [0.3, 0.4) is 0 Å². The Labute approximate surface area is 205 Å². The van der Waals surface area contributed by atoms with Crippen LogP contribution in [0.15, 0.2) is 36.5 Å². The molecule has 3 aromatic rings. The van der Waals surface area contributed by atoms with Crippen molar-refractivity contribution < 1.29 is 9.53 Å². The second-order valence-electron chi connectivity index (χ2n) is 9.35. The van der Waals surface area contributed by atoms with E-state index in [-0.39, 0.29) is 6.03 Å². The molecule has 0 radical (unpaired) electrons. The van der Waals surface area contributed by atoms with Crippen molar-refractivity contribution in [2.75, 3.05) is 55.3 Å². The number of imidazole rings is 1. The number of morpholine rings is 1. The van der Waals surface area contributed by atoms with Gasteiger partial charge in [-0.2, -0.15) is 0 Å². The summed E-state index contributed by atoms with van der Waals surface area (Å²) in [4.78, 5) is 29.2. The molecule has 35 heavy (non-hydrogen) atoms. The minimum Gasteiger partial charge on any atom is -0.378 e. The standard InChI is InChI=1S/C26H33N7O2/c1-3-18-6-7-33(16-18)26(34)29-20-5-4-17(2)21(14-20)19-12-22(23-15-28-25(27)31-23)30-24(13-19)32-8-10-35-11-9-32/h4-5,12-15,18H,3,6-11,16H2,1-2H3,(H,29,34)(H3,27,28,31)/t18-/m1/s1. The fourth-order valence-corrected chi connectivity index (χ4v) is 4.79. The number of amides is 2. The first kappa shape index (κ1) is 23.2. The monoisotopic (exact) mass is 475 g/mol. The molecule has 184 valence electrons. The molecule has 0 aliphatic carbocycles. The number of ether oxygens (including phenoxy) is 1. The highest BCUT2D eigenvalue weighted by Crippen LogP contribution is 2.33. The Morgan fingerprint density at radius 2 is 2.06 bits per heavy atom. The average molecular weight is 476 g/mol. The van der Waals surface area contributed by atoms with E-state index < -0.39 is 0 Å². The molecule has 0 spiro atoms. The summed E-state index contributed by atoms with van der Waals surface area (Å²) in [7, 11) is 0. The Hall–Kier alpha value is -3.59. The number of hydrogen-bond acceptors (Lipinski definition) is 6. The lowest BCUT2D eigenvalue weighted by Gasteiger charge is -2.28. The van der Waals surface area contributed by atoms with Crippen molar-refractivity contribution in [2.45, 2.75) is 26.7 Å². The van der Waals surface area contributed by atoms with Gasteiger partial charge in [0.15, 0.2) is 5.95 Å². The number of anilines is 3. The summed E-state index contributed by atoms with van der Waals surface area (Å²) < 4.78 is 5.54. The van der Waals surface area contributed by atoms with E-state index in [4.69, 9.17) is 15.5 Å². The maximum atomic E-state index is 12.9. The molecular formula is C26H33N7O2. The van der Waals surface area contributed by atoms with Crippen LogP contribution in [0.2, 0.25) is 0 Å². The van der Waals surface area contributed by atoms with Crippen LogP contribution < -0.4 is 16.0 Å². The van der Waals surface area contributed by atoms with E-state index >= 15 is 0 Å². The minimum absolute atomic E-state index is 0.0342.